The molecule has 1 aliphatic rings. The van der Waals surface area contributed by atoms with E-state index in [-0.39, 0.29) is 47.6 Å². The van der Waals surface area contributed by atoms with Gasteiger partial charge in [0.05, 0.1) is 39.9 Å². The molecule has 3 aromatic carbocycles. The number of fused-ring (bicyclic) bond motifs is 1. The fourth-order valence-electron chi connectivity index (χ4n) is 7.29. The van der Waals surface area contributed by atoms with Gasteiger partial charge in [0.1, 0.15) is 29.4 Å². The van der Waals surface area contributed by atoms with E-state index in [9.17, 15) is 9.59 Å². The van der Waals surface area contributed by atoms with E-state index in [4.69, 9.17) is 34.4 Å². The summed E-state index contributed by atoms with van der Waals surface area (Å²) >= 11 is 0. The van der Waals surface area contributed by atoms with Crippen LogP contribution in [0.4, 0.5) is 5.95 Å². The van der Waals surface area contributed by atoms with Gasteiger partial charge in [-0.1, -0.05) is 68.4 Å². The first kappa shape index (κ1) is 44.4. The number of aromatic amines is 1. The molecule has 60 heavy (non-hydrogen) atoms. The molecule has 4 atom stereocenters. The van der Waals surface area contributed by atoms with E-state index >= 15 is 0 Å². The van der Waals surface area contributed by atoms with Gasteiger partial charge in [0.25, 0.3) is 14.1 Å². The Labute approximate surface area is 352 Å². The zero-order valence-corrected chi connectivity index (χ0v) is 36.3. The topological polar surface area (TPSA) is 151 Å². The second kappa shape index (κ2) is 20.0. The smallest absolute Gasteiger partial charge is 0.280 e. The van der Waals surface area contributed by atoms with Crippen molar-refractivity contribution < 1.29 is 32.8 Å². The molecular weight excluding hydrogens is 784 g/mol. The molecule has 14 nitrogen and oxygen atoms in total. The van der Waals surface area contributed by atoms with E-state index in [0.29, 0.717) is 30.9 Å². The minimum atomic E-state index is -1.64. The van der Waals surface area contributed by atoms with Crippen LogP contribution < -0.4 is 20.3 Å². The Morgan fingerprint density at radius 1 is 0.967 bits per heavy atom. The number of ether oxygens (including phenoxy) is 4. The summed E-state index contributed by atoms with van der Waals surface area (Å²) in [6.45, 7) is 12.3. The van der Waals surface area contributed by atoms with E-state index in [1.807, 2.05) is 78.9 Å². The highest BCUT2D eigenvalue weighted by atomic mass is 31.2. The number of hydrogen-bond acceptors (Lipinski definition) is 11. The van der Waals surface area contributed by atoms with Gasteiger partial charge >= 0.3 is 0 Å². The van der Waals surface area contributed by atoms with Crippen LogP contribution in [0.2, 0.25) is 0 Å². The van der Waals surface area contributed by atoms with Crippen molar-refractivity contribution in [1.82, 2.24) is 24.2 Å². The number of methoxy groups -OCH3 is 2. The summed E-state index contributed by atoms with van der Waals surface area (Å²) in [5.74, 6) is 3.47. The van der Waals surface area contributed by atoms with Crippen molar-refractivity contribution in [2.45, 2.75) is 90.5 Å². The number of H-pyrrole nitrogens is 1. The summed E-state index contributed by atoms with van der Waals surface area (Å²) < 4.78 is 42.8. The SMILES string of the molecule is C#CCCOP(OC1CC(n2cnc3c(=O)[nH]c(NC(=O)C(C)C)nc32)OC1COC(c1ccccc1)(c1ccc(OC)cc1)c1ccc(OC)cc1)N(C(C)C)C(C)C. The van der Waals surface area contributed by atoms with Gasteiger partial charge in [-0.25, -0.2) is 9.65 Å². The molecule has 1 saturated heterocycles. The lowest BCUT2D eigenvalue weighted by Gasteiger charge is -2.39. The van der Waals surface area contributed by atoms with Gasteiger partial charge in [-0.3, -0.25) is 24.5 Å². The minimum Gasteiger partial charge on any atom is -0.497 e. The first-order chi connectivity index (χ1) is 28.9. The fourth-order valence-corrected chi connectivity index (χ4v) is 9.05. The van der Waals surface area contributed by atoms with E-state index in [0.717, 1.165) is 16.7 Å². The largest absolute Gasteiger partial charge is 0.497 e. The zero-order chi connectivity index (χ0) is 43.0. The van der Waals surface area contributed by atoms with Crippen LogP contribution in [0, 0.1) is 18.3 Å². The number of nitrogens with one attached hydrogen (secondary N) is 2. The molecule has 0 saturated carbocycles. The third kappa shape index (κ3) is 9.74. The summed E-state index contributed by atoms with van der Waals surface area (Å²) in [5, 5.41) is 2.70. The predicted octanol–water partition coefficient (Wildman–Crippen LogP) is 7.80. The van der Waals surface area contributed by atoms with Gasteiger partial charge in [-0.05, 0) is 68.7 Å². The minimum absolute atomic E-state index is 0.0141. The van der Waals surface area contributed by atoms with Crippen molar-refractivity contribution in [1.29, 1.82) is 0 Å². The standard InChI is InChI=1S/C45H55N6O8P/c1-10-11-25-57-60(51(30(4)5)31(6)7)59-37-26-39(50-28-46-40-41(50)47-44(49-43(40)53)48-42(52)29(2)3)58-38(37)27-56-45(32-15-13-12-14-16-32,33-17-21-35(54-8)22-18-33)34-19-23-36(55-9)24-20-34/h1,12-24,28-31,37-39H,11,25-27H2,2-9H3,(H2,47,48,49,52,53). The molecule has 3 heterocycles. The number of carbonyl (C=O) groups is 1. The number of hydrogen-bond donors (Lipinski definition) is 2. The number of rotatable bonds is 19. The molecule has 0 aliphatic carbocycles. The predicted molar refractivity (Wildman–Crippen MR) is 232 cm³/mol. The van der Waals surface area contributed by atoms with Gasteiger partial charge in [0, 0.05) is 30.8 Å². The highest BCUT2D eigenvalue weighted by molar-refractivity contribution is 7.44. The summed E-state index contributed by atoms with van der Waals surface area (Å²) in [4.78, 5) is 37.5. The number of aromatic nitrogens is 4. The van der Waals surface area contributed by atoms with Gasteiger partial charge in [0.15, 0.2) is 11.2 Å². The van der Waals surface area contributed by atoms with Crippen molar-refractivity contribution in [3.05, 3.63) is 112 Å². The molecule has 15 heteroatoms. The third-order valence-electron chi connectivity index (χ3n) is 10.2. The molecule has 0 spiro atoms. The maximum Gasteiger partial charge on any atom is 0.280 e. The molecule has 1 fully saturated rings. The van der Waals surface area contributed by atoms with Crippen LogP contribution in [0.3, 0.4) is 0 Å². The maximum absolute atomic E-state index is 13.2. The van der Waals surface area contributed by atoms with Crippen molar-refractivity contribution in [2.75, 3.05) is 32.8 Å². The van der Waals surface area contributed by atoms with Gasteiger partial charge in [0.2, 0.25) is 11.9 Å². The Bertz CT molecular complexity index is 2220. The molecule has 6 rings (SSSR count). The number of terminal acetylenes is 1. The summed E-state index contributed by atoms with van der Waals surface area (Å²) in [5.41, 5.74) is 1.32. The highest BCUT2D eigenvalue weighted by Gasteiger charge is 2.45. The number of benzene rings is 3. The van der Waals surface area contributed by atoms with Crippen LogP contribution in [0.15, 0.2) is 90.0 Å². The molecule has 5 aromatic rings. The van der Waals surface area contributed by atoms with Gasteiger partial charge < -0.3 is 28.0 Å². The molecule has 0 radical (unpaired) electrons. The average molecular weight is 839 g/mol. The van der Waals surface area contributed by atoms with Crippen LogP contribution >= 0.6 is 8.53 Å². The molecular formula is C45H55N6O8P. The molecule has 2 N–H and O–H groups in total. The van der Waals surface area contributed by atoms with E-state index in [1.54, 1.807) is 32.6 Å². The average Bonchev–Trinajstić information content (AvgIpc) is 3.85. The van der Waals surface area contributed by atoms with Crippen molar-refractivity contribution in [3.8, 4) is 23.8 Å². The summed E-state index contributed by atoms with van der Waals surface area (Å²) in [6.07, 6.45) is 5.97. The summed E-state index contributed by atoms with van der Waals surface area (Å²) in [7, 11) is 1.63. The molecule has 1 aliphatic heterocycles. The molecule has 2 aromatic heterocycles. The molecule has 1 amide bonds. The quantitative estimate of drug-likeness (QED) is 0.0363. The Morgan fingerprint density at radius 2 is 1.57 bits per heavy atom. The lowest BCUT2D eigenvalue weighted by molar-refractivity contribution is -0.118. The van der Waals surface area contributed by atoms with Gasteiger partial charge in [-0.2, -0.15) is 4.98 Å². The monoisotopic (exact) mass is 838 g/mol. The Kier molecular flexibility index (Phi) is 14.8. The van der Waals surface area contributed by atoms with Crippen LogP contribution in [-0.2, 0) is 28.9 Å². The summed E-state index contributed by atoms with van der Waals surface area (Å²) in [6, 6.07) is 25.8. The maximum atomic E-state index is 13.2. The zero-order valence-electron chi connectivity index (χ0n) is 35.5. The van der Waals surface area contributed by atoms with Crippen LogP contribution in [0.5, 0.6) is 11.5 Å². The number of nitrogens with zero attached hydrogens (tertiary/aromatic N) is 4. The van der Waals surface area contributed by atoms with Crippen molar-refractivity contribution in [2.24, 2.45) is 5.92 Å². The lowest BCUT2D eigenvalue weighted by atomic mass is 9.80. The normalized spacial score (nSPS) is 17.4. The van der Waals surface area contributed by atoms with Crippen LogP contribution in [0.25, 0.3) is 11.2 Å². The fraction of sp³-hybridized carbons (Fsp3) is 0.422. The van der Waals surface area contributed by atoms with E-state index in [1.165, 1.54) is 6.33 Å². The lowest BCUT2D eigenvalue weighted by Crippen LogP contribution is -2.39. The molecule has 318 valence electrons. The Morgan fingerprint density at radius 3 is 2.12 bits per heavy atom. The number of carbonyl (C=O) groups excluding carboxylic acids is 1. The Balaban J connectivity index is 1.45. The highest BCUT2D eigenvalue weighted by Crippen LogP contribution is 2.51. The second-order valence-electron chi connectivity index (χ2n) is 15.3. The molecule has 4 unspecified atom stereocenters. The van der Waals surface area contributed by atoms with Crippen LogP contribution in [-0.4, -0.2) is 81.8 Å². The van der Waals surface area contributed by atoms with E-state index in [2.05, 4.69) is 58.6 Å². The number of anilines is 1. The number of imidazole rings is 1. The third-order valence-corrected chi connectivity index (χ3v) is 12.4. The Hall–Kier alpha value is -5.13. The van der Waals surface area contributed by atoms with Crippen molar-refractivity contribution in [3.63, 3.8) is 0 Å². The first-order valence-corrected chi connectivity index (χ1v) is 21.3. The molecule has 0 bridgehead atoms. The van der Waals surface area contributed by atoms with Gasteiger partial charge in [-0.15, -0.1) is 12.3 Å². The first-order valence-electron chi connectivity index (χ1n) is 20.1. The van der Waals surface area contributed by atoms with Crippen LogP contribution in [0.1, 0.15) is 77.3 Å². The number of amides is 1. The van der Waals surface area contributed by atoms with E-state index < -0.39 is 38.1 Å². The second-order valence-corrected chi connectivity index (χ2v) is 16.7. The van der Waals surface area contributed by atoms with Crippen molar-refractivity contribution >= 4 is 31.5 Å².